The molecule has 0 unspecified atom stereocenters. The second kappa shape index (κ2) is 6.78. The molecule has 1 aliphatic rings. The van der Waals surface area contributed by atoms with E-state index in [-0.39, 0.29) is 30.5 Å². The van der Waals surface area contributed by atoms with Gasteiger partial charge in [0, 0.05) is 24.8 Å². The van der Waals surface area contributed by atoms with Crippen LogP contribution in [0.5, 0.6) is 0 Å². The normalized spacial score (nSPS) is 17.5. The van der Waals surface area contributed by atoms with Crippen LogP contribution in [-0.4, -0.2) is 23.3 Å². The molecule has 2 amide bonds. The van der Waals surface area contributed by atoms with E-state index in [1.54, 1.807) is 19.1 Å². The maximum atomic E-state index is 12.9. The molecule has 1 aliphatic heterocycles. The molecular weight excluding hydrogens is 347 g/mol. The number of alkyl halides is 3. The summed E-state index contributed by atoms with van der Waals surface area (Å²) >= 11 is 0. The second-order valence-corrected chi connectivity index (χ2v) is 6.11. The summed E-state index contributed by atoms with van der Waals surface area (Å²) in [4.78, 5) is 29.9. The Labute approximate surface area is 147 Å². The van der Waals surface area contributed by atoms with Crippen LogP contribution in [0.15, 0.2) is 42.6 Å². The Morgan fingerprint density at radius 1 is 1.27 bits per heavy atom. The Morgan fingerprint density at radius 2 is 2.04 bits per heavy atom. The molecule has 1 aromatic carbocycles. The fourth-order valence-corrected chi connectivity index (χ4v) is 2.82. The average Bonchev–Trinajstić information content (AvgIpc) is 2.98. The third-order valence-corrected chi connectivity index (χ3v) is 4.23. The third kappa shape index (κ3) is 3.68. The van der Waals surface area contributed by atoms with Gasteiger partial charge in [-0.3, -0.25) is 9.59 Å². The number of aromatic nitrogens is 1. The first-order chi connectivity index (χ1) is 12.3. The van der Waals surface area contributed by atoms with E-state index >= 15 is 0 Å². The van der Waals surface area contributed by atoms with Crippen LogP contribution in [0.3, 0.4) is 0 Å². The van der Waals surface area contributed by atoms with Gasteiger partial charge in [-0.05, 0) is 36.8 Å². The van der Waals surface area contributed by atoms with Crippen molar-refractivity contribution < 1.29 is 22.8 Å². The van der Waals surface area contributed by atoms with Gasteiger partial charge in [0.2, 0.25) is 11.8 Å². The number of amides is 2. The summed E-state index contributed by atoms with van der Waals surface area (Å²) in [6.45, 7) is 1.81. The Balaban J connectivity index is 1.75. The van der Waals surface area contributed by atoms with Gasteiger partial charge >= 0.3 is 6.18 Å². The van der Waals surface area contributed by atoms with E-state index in [4.69, 9.17) is 0 Å². The molecule has 8 heteroatoms. The maximum Gasteiger partial charge on any atom is 0.416 e. The first kappa shape index (κ1) is 17.9. The van der Waals surface area contributed by atoms with E-state index < -0.39 is 17.7 Å². The number of anilines is 2. The summed E-state index contributed by atoms with van der Waals surface area (Å²) in [5.41, 5.74) is 0.0776. The fraction of sp³-hybridized carbons (Fsp3) is 0.278. The van der Waals surface area contributed by atoms with Crippen molar-refractivity contribution in [2.45, 2.75) is 19.5 Å². The Kier molecular flexibility index (Phi) is 4.67. The summed E-state index contributed by atoms with van der Waals surface area (Å²) in [5.74, 6) is -1.02. The summed E-state index contributed by atoms with van der Waals surface area (Å²) in [6, 6.07) is 8.06. The predicted octanol–water partition coefficient (Wildman–Crippen LogP) is 3.40. The molecular formula is C18H16F3N3O2. The van der Waals surface area contributed by atoms with Gasteiger partial charge in [0.1, 0.15) is 5.82 Å². The number of aryl methyl sites for hydroxylation is 1. The number of hydrogen-bond donors (Lipinski definition) is 1. The van der Waals surface area contributed by atoms with Crippen molar-refractivity contribution in [3.05, 3.63) is 53.7 Å². The quantitative estimate of drug-likeness (QED) is 0.909. The zero-order valence-corrected chi connectivity index (χ0v) is 13.9. The van der Waals surface area contributed by atoms with Gasteiger partial charge in [0.05, 0.1) is 11.5 Å². The lowest BCUT2D eigenvalue weighted by atomic mass is 10.1. The zero-order valence-electron chi connectivity index (χ0n) is 13.9. The topological polar surface area (TPSA) is 62.3 Å². The van der Waals surface area contributed by atoms with E-state index in [1.807, 2.05) is 0 Å². The minimum atomic E-state index is -4.49. The van der Waals surface area contributed by atoms with E-state index in [2.05, 4.69) is 10.3 Å². The van der Waals surface area contributed by atoms with Crippen LogP contribution in [0, 0.1) is 12.8 Å². The Bertz CT molecular complexity index is 852. The fourth-order valence-electron chi connectivity index (χ4n) is 2.82. The van der Waals surface area contributed by atoms with Crippen LogP contribution in [0.2, 0.25) is 0 Å². The SMILES string of the molecule is Cc1cccnc1NC(=O)[C@H]1CC(=O)N(c2cccc(C(F)(F)F)c2)C1. The molecule has 0 radical (unpaired) electrons. The highest BCUT2D eigenvalue weighted by Gasteiger charge is 2.37. The minimum absolute atomic E-state index is 0.0257. The predicted molar refractivity (Wildman–Crippen MR) is 89.5 cm³/mol. The van der Waals surface area contributed by atoms with Crippen molar-refractivity contribution in [2.24, 2.45) is 5.92 Å². The van der Waals surface area contributed by atoms with Gasteiger partial charge in [0.25, 0.3) is 0 Å². The highest BCUT2D eigenvalue weighted by molar-refractivity contribution is 6.03. The molecule has 26 heavy (non-hydrogen) atoms. The molecule has 1 N–H and O–H groups in total. The monoisotopic (exact) mass is 363 g/mol. The number of hydrogen-bond acceptors (Lipinski definition) is 3. The number of carbonyl (C=O) groups is 2. The molecule has 5 nitrogen and oxygen atoms in total. The van der Waals surface area contributed by atoms with E-state index in [9.17, 15) is 22.8 Å². The number of benzene rings is 1. The van der Waals surface area contributed by atoms with Gasteiger partial charge in [-0.15, -0.1) is 0 Å². The molecule has 2 heterocycles. The lowest BCUT2D eigenvalue weighted by Gasteiger charge is -2.18. The van der Waals surface area contributed by atoms with Crippen molar-refractivity contribution in [2.75, 3.05) is 16.8 Å². The van der Waals surface area contributed by atoms with Crippen LogP contribution in [-0.2, 0) is 15.8 Å². The Morgan fingerprint density at radius 3 is 2.73 bits per heavy atom. The van der Waals surface area contributed by atoms with Crippen molar-refractivity contribution >= 4 is 23.3 Å². The van der Waals surface area contributed by atoms with E-state index in [0.29, 0.717) is 5.82 Å². The minimum Gasteiger partial charge on any atom is -0.312 e. The van der Waals surface area contributed by atoms with Gasteiger partial charge in [-0.25, -0.2) is 4.98 Å². The first-order valence-corrected chi connectivity index (χ1v) is 7.96. The molecule has 136 valence electrons. The van der Waals surface area contributed by atoms with E-state index in [0.717, 1.165) is 17.7 Å². The highest BCUT2D eigenvalue weighted by atomic mass is 19.4. The number of carbonyl (C=O) groups excluding carboxylic acids is 2. The molecule has 1 saturated heterocycles. The summed E-state index contributed by atoms with van der Waals surface area (Å²) in [6.07, 6.45) is -3.02. The summed E-state index contributed by atoms with van der Waals surface area (Å²) in [5, 5.41) is 2.67. The Hall–Kier alpha value is -2.90. The average molecular weight is 363 g/mol. The second-order valence-electron chi connectivity index (χ2n) is 6.11. The molecule has 0 spiro atoms. The van der Waals surface area contributed by atoms with Gasteiger partial charge in [-0.1, -0.05) is 12.1 Å². The molecule has 3 rings (SSSR count). The molecule has 0 bridgehead atoms. The number of nitrogens with zero attached hydrogens (tertiary/aromatic N) is 2. The van der Waals surface area contributed by atoms with Crippen molar-refractivity contribution in [3.63, 3.8) is 0 Å². The van der Waals surface area contributed by atoms with Gasteiger partial charge < -0.3 is 10.2 Å². The van der Waals surface area contributed by atoms with Crippen LogP contribution in [0.1, 0.15) is 17.5 Å². The smallest absolute Gasteiger partial charge is 0.312 e. The third-order valence-electron chi connectivity index (χ3n) is 4.23. The molecule has 0 saturated carbocycles. The van der Waals surface area contributed by atoms with Crippen molar-refractivity contribution in [1.82, 2.24) is 4.98 Å². The largest absolute Gasteiger partial charge is 0.416 e. The summed E-state index contributed by atoms with van der Waals surface area (Å²) in [7, 11) is 0. The van der Waals surface area contributed by atoms with Crippen LogP contribution in [0.4, 0.5) is 24.7 Å². The lowest BCUT2D eigenvalue weighted by Crippen LogP contribution is -2.28. The molecule has 2 aromatic rings. The van der Waals surface area contributed by atoms with Gasteiger partial charge in [-0.2, -0.15) is 13.2 Å². The van der Waals surface area contributed by atoms with Crippen molar-refractivity contribution in [1.29, 1.82) is 0 Å². The number of pyridine rings is 1. The van der Waals surface area contributed by atoms with Crippen LogP contribution in [0.25, 0.3) is 0 Å². The highest BCUT2D eigenvalue weighted by Crippen LogP contribution is 2.33. The lowest BCUT2D eigenvalue weighted by molar-refractivity contribution is -0.137. The number of rotatable bonds is 3. The number of halogens is 3. The summed E-state index contributed by atoms with van der Waals surface area (Å²) < 4.78 is 38.6. The molecule has 0 aliphatic carbocycles. The molecule has 1 atom stereocenters. The zero-order chi connectivity index (χ0) is 18.9. The van der Waals surface area contributed by atoms with Gasteiger partial charge in [0.15, 0.2) is 0 Å². The standard InChI is InChI=1S/C18H16F3N3O2/c1-11-4-3-7-22-16(11)23-17(26)12-8-15(25)24(10-12)14-6-2-5-13(9-14)18(19,20)21/h2-7,9,12H,8,10H2,1H3,(H,22,23,26)/t12-/m0/s1. The maximum absolute atomic E-state index is 12.9. The first-order valence-electron chi connectivity index (χ1n) is 7.96. The van der Waals surface area contributed by atoms with Crippen LogP contribution >= 0.6 is 0 Å². The molecule has 1 fully saturated rings. The van der Waals surface area contributed by atoms with Crippen LogP contribution < -0.4 is 10.2 Å². The number of nitrogens with one attached hydrogen (secondary N) is 1. The van der Waals surface area contributed by atoms with E-state index in [1.165, 1.54) is 23.2 Å². The van der Waals surface area contributed by atoms with Crippen molar-refractivity contribution in [3.8, 4) is 0 Å². The molecule has 1 aromatic heterocycles.